The van der Waals surface area contributed by atoms with Crippen molar-refractivity contribution in [2.24, 2.45) is 0 Å². The molecule has 0 spiro atoms. The van der Waals surface area contributed by atoms with Crippen LogP contribution in [0.25, 0.3) is 0 Å². The van der Waals surface area contributed by atoms with Gasteiger partial charge in [0.1, 0.15) is 11.5 Å². The Kier molecular flexibility index (Phi) is 7.76. The van der Waals surface area contributed by atoms with Gasteiger partial charge in [-0.05, 0) is 42.8 Å². The molecule has 2 amide bonds. The number of hydrogen-bond donors (Lipinski definition) is 2. The third kappa shape index (κ3) is 5.77. The van der Waals surface area contributed by atoms with Gasteiger partial charge < -0.3 is 20.1 Å². The normalized spacial score (nSPS) is 10.2. The average Bonchev–Trinajstić information content (AvgIpc) is 2.67. The van der Waals surface area contributed by atoms with Crippen LogP contribution in [0, 0.1) is 0 Å². The summed E-state index contributed by atoms with van der Waals surface area (Å²) in [7, 11) is 2.97. The van der Waals surface area contributed by atoms with Crippen molar-refractivity contribution in [2.75, 3.05) is 27.3 Å². The van der Waals surface area contributed by atoms with E-state index in [1.165, 1.54) is 14.2 Å². The second-order valence-corrected chi connectivity index (χ2v) is 6.43. The first-order valence-corrected chi connectivity index (χ1v) is 8.95. The fourth-order valence-corrected chi connectivity index (χ4v) is 2.74. The molecule has 0 atom stereocenters. The summed E-state index contributed by atoms with van der Waals surface area (Å²) in [5, 5.41) is 6.44. The molecule has 0 bridgehead atoms. The summed E-state index contributed by atoms with van der Waals surface area (Å²) in [6.45, 7) is 0.753. The van der Waals surface area contributed by atoms with Gasteiger partial charge in [0.15, 0.2) is 0 Å². The topological polar surface area (TPSA) is 76.7 Å². The molecule has 0 aliphatic carbocycles. The second-order valence-electron chi connectivity index (χ2n) is 5.55. The maximum atomic E-state index is 12.2. The molecular weight excluding hydrogens is 391 g/mol. The molecular formula is C19H20Cl2N2O4. The van der Waals surface area contributed by atoms with Crippen LogP contribution in [0.2, 0.25) is 10.0 Å². The number of rotatable bonds is 8. The Morgan fingerprint density at radius 1 is 0.815 bits per heavy atom. The zero-order chi connectivity index (χ0) is 19.8. The number of carbonyl (C=O) groups is 2. The summed E-state index contributed by atoms with van der Waals surface area (Å²) in [6, 6.07) is 9.66. The number of carbonyl (C=O) groups excluding carboxylic acids is 2. The maximum absolute atomic E-state index is 12.2. The Morgan fingerprint density at radius 2 is 1.22 bits per heavy atom. The van der Waals surface area contributed by atoms with Crippen molar-refractivity contribution < 1.29 is 19.1 Å². The van der Waals surface area contributed by atoms with Gasteiger partial charge >= 0.3 is 0 Å². The van der Waals surface area contributed by atoms with E-state index in [-0.39, 0.29) is 11.8 Å². The van der Waals surface area contributed by atoms with Crippen LogP contribution in [0.4, 0.5) is 0 Å². The molecule has 0 heterocycles. The standard InChI is InChI=1S/C19H20Cl2N2O4/c1-26-16-6-4-12(20)10-14(16)18(24)22-8-3-9-23-19(25)15-11-13(21)5-7-17(15)27-2/h4-7,10-11H,3,8-9H2,1-2H3,(H,22,24)(H,23,25). The van der Waals surface area contributed by atoms with E-state index >= 15 is 0 Å². The van der Waals surface area contributed by atoms with E-state index in [2.05, 4.69) is 10.6 Å². The van der Waals surface area contributed by atoms with E-state index in [0.29, 0.717) is 52.2 Å². The van der Waals surface area contributed by atoms with E-state index in [1.807, 2.05) is 0 Å². The highest BCUT2D eigenvalue weighted by Crippen LogP contribution is 2.23. The summed E-state index contributed by atoms with van der Waals surface area (Å²) in [5.74, 6) is 0.297. The predicted octanol–water partition coefficient (Wildman–Crippen LogP) is 3.56. The fourth-order valence-electron chi connectivity index (χ4n) is 2.40. The molecule has 0 radical (unpaired) electrons. The van der Waals surface area contributed by atoms with Crippen molar-refractivity contribution in [1.29, 1.82) is 0 Å². The summed E-state index contributed by atoms with van der Waals surface area (Å²) in [4.78, 5) is 24.5. The van der Waals surface area contributed by atoms with E-state index in [0.717, 1.165) is 0 Å². The first-order valence-electron chi connectivity index (χ1n) is 8.19. The van der Waals surface area contributed by atoms with E-state index in [4.69, 9.17) is 32.7 Å². The highest BCUT2D eigenvalue weighted by atomic mass is 35.5. The lowest BCUT2D eigenvalue weighted by Gasteiger charge is -2.11. The fraction of sp³-hybridized carbons (Fsp3) is 0.263. The molecule has 2 N–H and O–H groups in total. The zero-order valence-electron chi connectivity index (χ0n) is 15.0. The van der Waals surface area contributed by atoms with Gasteiger partial charge in [-0.25, -0.2) is 0 Å². The van der Waals surface area contributed by atoms with Crippen LogP contribution in [-0.4, -0.2) is 39.1 Å². The maximum Gasteiger partial charge on any atom is 0.255 e. The SMILES string of the molecule is COc1ccc(Cl)cc1C(=O)NCCCNC(=O)c1cc(Cl)ccc1OC. The molecule has 0 fully saturated rings. The minimum atomic E-state index is -0.294. The van der Waals surface area contributed by atoms with Crippen molar-refractivity contribution >= 4 is 35.0 Å². The van der Waals surface area contributed by atoms with Gasteiger partial charge in [0.05, 0.1) is 25.3 Å². The molecule has 0 saturated carbocycles. The van der Waals surface area contributed by atoms with E-state index < -0.39 is 0 Å². The van der Waals surface area contributed by atoms with Gasteiger partial charge in [0.25, 0.3) is 11.8 Å². The minimum absolute atomic E-state index is 0.294. The molecule has 8 heteroatoms. The van der Waals surface area contributed by atoms with Crippen LogP contribution in [0.3, 0.4) is 0 Å². The number of nitrogens with one attached hydrogen (secondary N) is 2. The van der Waals surface area contributed by atoms with Gasteiger partial charge in [-0.15, -0.1) is 0 Å². The lowest BCUT2D eigenvalue weighted by Crippen LogP contribution is -2.30. The van der Waals surface area contributed by atoms with Gasteiger partial charge in [-0.2, -0.15) is 0 Å². The zero-order valence-corrected chi connectivity index (χ0v) is 16.5. The molecule has 27 heavy (non-hydrogen) atoms. The Hall–Kier alpha value is -2.44. The van der Waals surface area contributed by atoms with Crippen molar-refractivity contribution in [3.8, 4) is 11.5 Å². The van der Waals surface area contributed by atoms with E-state index in [1.54, 1.807) is 36.4 Å². The van der Waals surface area contributed by atoms with Crippen LogP contribution >= 0.6 is 23.2 Å². The largest absolute Gasteiger partial charge is 0.496 e. The molecule has 0 aliphatic rings. The molecule has 2 rings (SSSR count). The van der Waals surface area contributed by atoms with Gasteiger partial charge in [-0.1, -0.05) is 23.2 Å². The first kappa shape index (κ1) is 20.9. The quantitative estimate of drug-likeness (QED) is 0.652. The second kappa shape index (κ2) is 10.0. The molecule has 6 nitrogen and oxygen atoms in total. The van der Waals surface area contributed by atoms with Gasteiger partial charge in [0, 0.05) is 23.1 Å². The van der Waals surface area contributed by atoms with Gasteiger partial charge in [-0.3, -0.25) is 9.59 Å². The summed E-state index contributed by atoms with van der Waals surface area (Å²) in [6.07, 6.45) is 0.545. The highest BCUT2D eigenvalue weighted by Gasteiger charge is 2.14. The van der Waals surface area contributed by atoms with Crippen LogP contribution in [0.15, 0.2) is 36.4 Å². The van der Waals surface area contributed by atoms with Crippen LogP contribution in [0.5, 0.6) is 11.5 Å². The average molecular weight is 411 g/mol. The summed E-state index contributed by atoms with van der Waals surface area (Å²) in [5.41, 5.74) is 0.718. The lowest BCUT2D eigenvalue weighted by atomic mass is 10.2. The monoisotopic (exact) mass is 410 g/mol. The third-order valence-electron chi connectivity index (χ3n) is 3.74. The van der Waals surface area contributed by atoms with E-state index in [9.17, 15) is 9.59 Å². The number of hydrogen-bond acceptors (Lipinski definition) is 4. The Labute approximate surface area is 167 Å². The number of amides is 2. The van der Waals surface area contributed by atoms with Crippen molar-refractivity contribution in [2.45, 2.75) is 6.42 Å². The first-order chi connectivity index (χ1) is 13.0. The minimum Gasteiger partial charge on any atom is -0.496 e. The number of ether oxygens (including phenoxy) is 2. The Bertz CT molecular complexity index is 760. The molecule has 0 aliphatic heterocycles. The lowest BCUT2D eigenvalue weighted by molar-refractivity contribution is 0.0949. The Morgan fingerprint density at radius 3 is 1.59 bits per heavy atom. The molecule has 144 valence electrons. The Balaban J connectivity index is 1.82. The smallest absolute Gasteiger partial charge is 0.255 e. The number of benzene rings is 2. The highest BCUT2D eigenvalue weighted by molar-refractivity contribution is 6.31. The summed E-state index contributed by atoms with van der Waals surface area (Å²) < 4.78 is 10.3. The summed E-state index contributed by atoms with van der Waals surface area (Å²) >= 11 is 11.9. The molecule has 0 saturated heterocycles. The molecule has 0 unspecified atom stereocenters. The molecule has 0 aromatic heterocycles. The van der Waals surface area contributed by atoms with Crippen molar-refractivity contribution in [3.63, 3.8) is 0 Å². The van der Waals surface area contributed by atoms with Crippen LogP contribution in [0.1, 0.15) is 27.1 Å². The predicted molar refractivity (Wildman–Crippen MR) is 105 cm³/mol. The van der Waals surface area contributed by atoms with Crippen molar-refractivity contribution in [1.82, 2.24) is 10.6 Å². The third-order valence-corrected chi connectivity index (χ3v) is 4.21. The van der Waals surface area contributed by atoms with Crippen LogP contribution < -0.4 is 20.1 Å². The van der Waals surface area contributed by atoms with Crippen LogP contribution in [-0.2, 0) is 0 Å². The molecule has 2 aromatic carbocycles. The van der Waals surface area contributed by atoms with Crippen molar-refractivity contribution in [3.05, 3.63) is 57.6 Å². The van der Waals surface area contributed by atoms with Gasteiger partial charge in [0.2, 0.25) is 0 Å². The number of methoxy groups -OCH3 is 2. The number of halogens is 2. The molecule has 2 aromatic rings.